The number of nitrogens with zero attached hydrogens (tertiary/aromatic N) is 2. The van der Waals surface area contributed by atoms with E-state index in [2.05, 4.69) is 5.10 Å². The monoisotopic (exact) mass is 246 g/mol. The van der Waals surface area contributed by atoms with Gasteiger partial charge in [-0.25, -0.2) is 0 Å². The molecular formula is C14H18N2O2. The van der Waals surface area contributed by atoms with Crippen molar-refractivity contribution in [1.82, 2.24) is 9.78 Å². The van der Waals surface area contributed by atoms with Gasteiger partial charge in [0.15, 0.2) is 5.75 Å². The van der Waals surface area contributed by atoms with E-state index in [1.165, 1.54) is 0 Å². The Balaban J connectivity index is 2.39. The minimum Gasteiger partial charge on any atom is -0.453 e. The molecule has 0 aliphatic rings. The van der Waals surface area contributed by atoms with Gasteiger partial charge in [-0.3, -0.25) is 4.68 Å². The average Bonchev–Trinajstić information content (AvgIpc) is 2.58. The van der Waals surface area contributed by atoms with Crippen LogP contribution in [0.3, 0.4) is 0 Å². The summed E-state index contributed by atoms with van der Waals surface area (Å²) >= 11 is 0. The minimum atomic E-state index is -0.0324. The Morgan fingerprint density at radius 3 is 2.56 bits per heavy atom. The van der Waals surface area contributed by atoms with Gasteiger partial charge in [-0.2, -0.15) is 5.10 Å². The van der Waals surface area contributed by atoms with Crippen LogP contribution in [0, 0.1) is 20.8 Å². The van der Waals surface area contributed by atoms with Gasteiger partial charge in [0.25, 0.3) is 0 Å². The number of aliphatic hydroxyl groups is 1. The molecule has 2 rings (SSSR count). The molecule has 18 heavy (non-hydrogen) atoms. The third-order valence-electron chi connectivity index (χ3n) is 3.04. The first-order valence-electron chi connectivity index (χ1n) is 5.91. The molecule has 4 nitrogen and oxygen atoms in total. The van der Waals surface area contributed by atoms with Crippen molar-refractivity contribution in [3.63, 3.8) is 0 Å². The molecule has 0 spiro atoms. The van der Waals surface area contributed by atoms with E-state index in [0.717, 1.165) is 28.3 Å². The van der Waals surface area contributed by atoms with Gasteiger partial charge in [0.2, 0.25) is 0 Å². The third kappa shape index (κ3) is 2.24. The summed E-state index contributed by atoms with van der Waals surface area (Å²) in [5.41, 5.74) is 3.71. The number of rotatable bonds is 3. The molecule has 0 amide bonds. The first-order valence-corrected chi connectivity index (χ1v) is 5.91. The van der Waals surface area contributed by atoms with E-state index in [1.807, 2.05) is 46.0 Å². The normalized spacial score (nSPS) is 10.7. The molecule has 0 aliphatic carbocycles. The van der Waals surface area contributed by atoms with Crippen LogP contribution in [-0.2, 0) is 13.7 Å². The van der Waals surface area contributed by atoms with Crippen molar-refractivity contribution in [2.75, 3.05) is 0 Å². The average molecular weight is 246 g/mol. The van der Waals surface area contributed by atoms with Crippen molar-refractivity contribution in [1.29, 1.82) is 0 Å². The minimum absolute atomic E-state index is 0.0324. The van der Waals surface area contributed by atoms with Crippen LogP contribution in [-0.4, -0.2) is 14.9 Å². The highest BCUT2D eigenvalue weighted by Gasteiger charge is 2.13. The van der Waals surface area contributed by atoms with Gasteiger partial charge < -0.3 is 9.84 Å². The topological polar surface area (TPSA) is 47.3 Å². The first kappa shape index (κ1) is 12.6. The van der Waals surface area contributed by atoms with E-state index in [-0.39, 0.29) is 6.61 Å². The summed E-state index contributed by atoms with van der Waals surface area (Å²) in [4.78, 5) is 0. The summed E-state index contributed by atoms with van der Waals surface area (Å²) in [6.45, 7) is 5.83. The van der Waals surface area contributed by atoms with Gasteiger partial charge in [0, 0.05) is 12.6 Å². The van der Waals surface area contributed by atoms with Gasteiger partial charge >= 0.3 is 0 Å². The lowest BCUT2D eigenvalue weighted by molar-refractivity contribution is 0.276. The zero-order valence-electron chi connectivity index (χ0n) is 11.2. The van der Waals surface area contributed by atoms with Crippen LogP contribution in [0.15, 0.2) is 18.2 Å². The van der Waals surface area contributed by atoms with E-state index >= 15 is 0 Å². The first-order chi connectivity index (χ1) is 8.52. The molecule has 0 saturated carbocycles. The summed E-state index contributed by atoms with van der Waals surface area (Å²) < 4.78 is 7.68. The van der Waals surface area contributed by atoms with Crippen molar-refractivity contribution in [2.24, 2.45) is 7.05 Å². The van der Waals surface area contributed by atoms with Crippen LogP contribution < -0.4 is 4.74 Å². The van der Waals surface area contributed by atoms with Gasteiger partial charge in [-0.05, 0) is 26.8 Å². The van der Waals surface area contributed by atoms with Gasteiger partial charge in [-0.1, -0.05) is 17.7 Å². The Labute approximate surface area is 107 Å². The molecule has 0 saturated heterocycles. The zero-order chi connectivity index (χ0) is 13.3. The molecule has 1 N–H and O–H groups in total. The molecule has 0 bridgehead atoms. The number of hydrogen-bond donors (Lipinski definition) is 1. The van der Waals surface area contributed by atoms with Crippen molar-refractivity contribution >= 4 is 0 Å². The number of ether oxygens (including phenoxy) is 1. The SMILES string of the molecule is Cc1ccc(Oc2c(C)nn(C)c2C)c(CO)c1. The van der Waals surface area contributed by atoms with Gasteiger partial charge in [0.1, 0.15) is 11.4 Å². The molecule has 0 radical (unpaired) electrons. The lowest BCUT2D eigenvalue weighted by atomic mass is 10.1. The smallest absolute Gasteiger partial charge is 0.171 e. The summed E-state index contributed by atoms with van der Waals surface area (Å²) in [5.74, 6) is 1.44. The van der Waals surface area contributed by atoms with E-state index < -0.39 is 0 Å². The Bertz CT molecular complexity index is 573. The number of benzene rings is 1. The highest BCUT2D eigenvalue weighted by atomic mass is 16.5. The fraction of sp³-hybridized carbons (Fsp3) is 0.357. The molecule has 1 heterocycles. The fourth-order valence-electron chi connectivity index (χ4n) is 1.94. The van der Waals surface area contributed by atoms with Gasteiger partial charge in [-0.15, -0.1) is 0 Å². The molecule has 2 aromatic rings. The van der Waals surface area contributed by atoms with E-state index in [0.29, 0.717) is 5.75 Å². The molecule has 0 aliphatic heterocycles. The lowest BCUT2D eigenvalue weighted by Gasteiger charge is -2.10. The Morgan fingerprint density at radius 2 is 2.00 bits per heavy atom. The van der Waals surface area contributed by atoms with Crippen molar-refractivity contribution < 1.29 is 9.84 Å². The number of hydrogen-bond acceptors (Lipinski definition) is 3. The number of aromatic nitrogens is 2. The summed E-state index contributed by atoms with van der Waals surface area (Å²) in [7, 11) is 1.89. The molecular weight excluding hydrogens is 228 g/mol. The maximum Gasteiger partial charge on any atom is 0.171 e. The maximum atomic E-state index is 9.36. The number of aryl methyl sites for hydroxylation is 3. The lowest BCUT2D eigenvalue weighted by Crippen LogP contribution is -1.95. The second kappa shape index (κ2) is 4.82. The third-order valence-corrected chi connectivity index (χ3v) is 3.04. The van der Waals surface area contributed by atoms with Crippen molar-refractivity contribution in [2.45, 2.75) is 27.4 Å². The molecule has 0 atom stereocenters. The maximum absolute atomic E-state index is 9.36. The van der Waals surface area contributed by atoms with Gasteiger partial charge in [0.05, 0.1) is 12.3 Å². The molecule has 0 unspecified atom stereocenters. The predicted molar refractivity (Wildman–Crippen MR) is 69.9 cm³/mol. The standard InChI is InChI=1S/C14H18N2O2/c1-9-5-6-13(12(7-9)8-17)18-14-10(2)15-16(4)11(14)3/h5-7,17H,8H2,1-4H3. The molecule has 0 fully saturated rings. The predicted octanol–water partition coefficient (Wildman–Crippen LogP) is 2.63. The van der Waals surface area contributed by atoms with Crippen molar-refractivity contribution in [3.05, 3.63) is 40.7 Å². The van der Waals surface area contributed by atoms with Crippen LogP contribution >= 0.6 is 0 Å². The molecule has 1 aromatic carbocycles. The van der Waals surface area contributed by atoms with Crippen LogP contribution in [0.1, 0.15) is 22.5 Å². The second-order valence-electron chi connectivity index (χ2n) is 4.49. The molecule has 4 heteroatoms. The summed E-state index contributed by atoms with van der Waals surface area (Å²) in [6, 6.07) is 5.78. The van der Waals surface area contributed by atoms with Crippen LogP contribution in [0.5, 0.6) is 11.5 Å². The van der Waals surface area contributed by atoms with Crippen LogP contribution in [0.25, 0.3) is 0 Å². The Kier molecular flexibility index (Phi) is 3.39. The molecule has 1 aromatic heterocycles. The van der Waals surface area contributed by atoms with Crippen LogP contribution in [0.2, 0.25) is 0 Å². The Morgan fingerprint density at radius 1 is 1.28 bits per heavy atom. The van der Waals surface area contributed by atoms with Crippen LogP contribution in [0.4, 0.5) is 0 Å². The quantitative estimate of drug-likeness (QED) is 0.905. The largest absolute Gasteiger partial charge is 0.453 e. The number of aliphatic hydroxyl groups excluding tert-OH is 1. The highest BCUT2D eigenvalue weighted by molar-refractivity contribution is 5.42. The fourth-order valence-corrected chi connectivity index (χ4v) is 1.94. The summed E-state index contributed by atoms with van der Waals surface area (Å²) in [5, 5.41) is 13.7. The van der Waals surface area contributed by atoms with Crippen molar-refractivity contribution in [3.8, 4) is 11.5 Å². The zero-order valence-corrected chi connectivity index (χ0v) is 11.2. The van der Waals surface area contributed by atoms with E-state index in [1.54, 1.807) is 4.68 Å². The second-order valence-corrected chi connectivity index (χ2v) is 4.49. The Hall–Kier alpha value is -1.81. The van der Waals surface area contributed by atoms with E-state index in [9.17, 15) is 5.11 Å². The summed E-state index contributed by atoms with van der Waals surface area (Å²) in [6.07, 6.45) is 0. The van der Waals surface area contributed by atoms with E-state index in [4.69, 9.17) is 4.74 Å². The highest BCUT2D eigenvalue weighted by Crippen LogP contribution is 2.30. The molecule has 96 valence electrons.